The SMILES string of the molecule is O=C(c1cc(F)cc(F)c1)c1cccc(OC(F)(F)F)c1. The van der Waals surface area contributed by atoms with Gasteiger partial charge in [0, 0.05) is 17.2 Å². The van der Waals surface area contributed by atoms with Gasteiger partial charge in [-0.15, -0.1) is 13.2 Å². The minimum atomic E-state index is -4.90. The molecule has 0 spiro atoms. The molecule has 2 rings (SSSR count). The minimum absolute atomic E-state index is 0.179. The molecule has 0 saturated heterocycles. The molecule has 0 aliphatic rings. The molecule has 0 heterocycles. The van der Waals surface area contributed by atoms with Gasteiger partial charge in [0.1, 0.15) is 17.4 Å². The summed E-state index contributed by atoms with van der Waals surface area (Å²) in [5.74, 6) is -3.33. The molecule has 0 unspecified atom stereocenters. The molecule has 0 N–H and O–H groups in total. The van der Waals surface area contributed by atoms with Crippen molar-refractivity contribution >= 4 is 5.78 Å². The zero-order valence-electron chi connectivity index (χ0n) is 10.2. The van der Waals surface area contributed by atoms with E-state index in [9.17, 15) is 26.7 Å². The van der Waals surface area contributed by atoms with E-state index in [1.165, 1.54) is 12.1 Å². The Morgan fingerprint density at radius 2 is 1.52 bits per heavy atom. The first-order valence-corrected chi connectivity index (χ1v) is 5.61. The number of halogens is 5. The van der Waals surface area contributed by atoms with Gasteiger partial charge in [-0.05, 0) is 24.3 Å². The molecular formula is C14H7F5O2. The van der Waals surface area contributed by atoms with Crippen LogP contribution in [0, 0.1) is 11.6 Å². The van der Waals surface area contributed by atoms with Gasteiger partial charge in [-0.3, -0.25) is 4.79 Å². The maximum atomic E-state index is 13.0. The van der Waals surface area contributed by atoms with Crippen LogP contribution in [0.2, 0.25) is 0 Å². The molecular weight excluding hydrogens is 295 g/mol. The number of hydrogen-bond acceptors (Lipinski definition) is 2. The van der Waals surface area contributed by atoms with Gasteiger partial charge < -0.3 is 4.74 Å². The highest BCUT2D eigenvalue weighted by atomic mass is 19.4. The molecule has 0 aromatic heterocycles. The van der Waals surface area contributed by atoms with E-state index in [1.807, 2.05) is 0 Å². The second-order valence-corrected chi connectivity index (χ2v) is 4.06. The van der Waals surface area contributed by atoms with Crippen LogP contribution in [0.15, 0.2) is 42.5 Å². The van der Waals surface area contributed by atoms with Crippen LogP contribution in [0.3, 0.4) is 0 Å². The standard InChI is InChI=1S/C14H7F5O2/c15-10-4-9(5-11(16)7-10)13(20)8-2-1-3-12(6-8)21-14(17,18)19/h1-7H. The average molecular weight is 302 g/mol. The largest absolute Gasteiger partial charge is 0.573 e. The topological polar surface area (TPSA) is 26.3 Å². The van der Waals surface area contributed by atoms with Crippen molar-refractivity contribution in [3.8, 4) is 5.75 Å². The fraction of sp³-hybridized carbons (Fsp3) is 0.0714. The summed E-state index contributed by atoms with van der Waals surface area (Å²) in [6.45, 7) is 0. The fourth-order valence-corrected chi connectivity index (χ4v) is 1.69. The summed E-state index contributed by atoms with van der Waals surface area (Å²) in [5, 5.41) is 0. The maximum Gasteiger partial charge on any atom is 0.573 e. The van der Waals surface area contributed by atoms with E-state index in [0.717, 1.165) is 24.3 Å². The minimum Gasteiger partial charge on any atom is -0.406 e. The number of carbonyl (C=O) groups excluding carboxylic acids is 1. The zero-order valence-corrected chi connectivity index (χ0v) is 10.2. The van der Waals surface area contributed by atoms with Crippen LogP contribution < -0.4 is 4.74 Å². The van der Waals surface area contributed by atoms with Crippen molar-refractivity contribution in [2.45, 2.75) is 6.36 Å². The van der Waals surface area contributed by atoms with Crippen LogP contribution in [-0.2, 0) is 0 Å². The average Bonchev–Trinajstić information content (AvgIpc) is 2.35. The Morgan fingerprint density at radius 1 is 0.905 bits per heavy atom. The number of ketones is 1. The number of ether oxygens (including phenoxy) is 1. The zero-order chi connectivity index (χ0) is 15.6. The molecule has 0 atom stereocenters. The van der Waals surface area contributed by atoms with Gasteiger partial charge in [0.15, 0.2) is 5.78 Å². The lowest BCUT2D eigenvalue weighted by molar-refractivity contribution is -0.274. The molecule has 110 valence electrons. The van der Waals surface area contributed by atoms with Crippen molar-refractivity contribution in [2.75, 3.05) is 0 Å². The van der Waals surface area contributed by atoms with Crippen LogP contribution in [-0.4, -0.2) is 12.1 Å². The number of rotatable bonds is 3. The predicted molar refractivity (Wildman–Crippen MR) is 62.9 cm³/mol. The van der Waals surface area contributed by atoms with E-state index in [1.54, 1.807) is 0 Å². The third-order valence-electron chi connectivity index (χ3n) is 2.45. The van der Waals surface area contributed by atoms with E-state index >= 15 is 0 Å². The number of hydrogen-bond donors (Lipinski definition) is 0. The lowest BCUT2D eigenvalue weighted by Gasteiger charge is -2.09. The van der Waals surface area contributed by atoms with Crippen molar-refractivity contribution in [2.24, 2.45) is 0 Å². The lowest BCUT2D eigenvalue weighted by Crippen LogP contribution is -2.17. The fourth-order valence-electron chi connectivity index (χ4n) is 1.69. The first-order valence-electron chi connectivity index (χ1n) is 5.61. The summed E-state index contributed by atoms with van der Waals surface area (Å²) in [6.07, 6.45) is -4.90. The molecule has 0 fully saturated rings. The first-order chi connectivity index (χ1) is 9.74. The van der Waals surface area contributed by atoms with Crippen molar-refractivity contribution in [3.63, 3.8) is 0 Å². The van der Waals surface area contributed by atoms with Gasteiger partial charge in [-0.2, -0.15) is 0 Å². The maximum absolute atomic E-state index is 13.0. The molecule has 0 aliphatic carbocycles. The van der Waals surface area contributed by atoms with Gasteiger partial charge in [-0.25, -0.2) is 8.78 Å². The molecule has 0 amide bonds. The van der Waals surface area contributed by atoms with Gasteiger partial charge in [0.2, 0.25) is 0 Å². The van der Waals surface area contributed by atoms with E-state index in [2.05, 4.69) is 4.74 Å². The highest BCUT2D eigenvalue weighted by Crippen LogP contribution is 2.24. The third-order valence-corrected chi connectivity index (χ3v) is 2.45. The molecule has 0 bridgehead atoms. The lowest BCUT2D eigenvalue weighted by atomic mass is 10.0. The Labute approximate surface area is 115 Å². The molecule has 2 aromatic carbocycles. The van der Waals surface area contributed by atoms with E-state index in [4.69, 9.17) is 0 Å². The van der Waals surface area contributed by atoms with Crippen LogP contribution in [0.5, 0.6) is 5.75 Å². The summed E-state index contributed by atoms with van der Waals surface area (Å²) >= 11 is 0. The number of carbonyl (C=O) groups is 1. The Bertz CT molecular complexity index is 659. The highest BCUT2D eigenvalue weighted by Gasteiger charge is 2.31. The molecule has 21 heavy (non-hydrogen) atoms. The summed E-state index contributed by atoms with van der Waals surface area (Å²) in [6, 6.07) is 6.42. The van der Waals surface area contributed by atoms with Crippen molar-refractivity contribution in [1.29, 1.82) is 0 Å². The van der Waals surface area contributed by atoms with Crippen LogP contribution in [0.25, 0.3) is 0 Å². The molecule has 0 radical (unpaired) electrons. The van der Waals surface area contributed by atoms with Crippen molar-refractivity contribution < 1.29 is 31.5 Å². The highest BCUT2D eigenvalue weighted by molar-refractivity contribution is 6.09. The van der Waals surface area contributed by atoms with Crippen molar-refractivity contribution in [3.05, 3.63) is 65.2 Å². The Morgan fingerprint density at radius 3 is 2.10 bits per heavy atom. The van der Waals surface area contributed by atoms with Crippen LogP contribution >= 0.6 is 0 Å². The van der Waals surface area contributed by atoms with Crippen molar-refractivity contribution in [1.82, 2.24) is 0 Å². The van der Waals surface area contributed by atoms with E-state index in [0.29, 0.717) is 6.07 Å². The normalized spacial score (nSPS) is 11.3. The van der Waals surface area contributed by atoms with Crippen LogP contribution in [0.4, 0.5) is 22.0 Å². The first kappa shape index (κ1) is 15.0. The quantitative estimate of drug-likeness (QED) is 0.630. The van der Waals surface area contributed by atoms with Gasteiger partial charge >= 0.3 is 6.36 Å². The second kappa shape index (κ2) is 5.51. The monoisotopic (exact) mass is 302 g/mol. The summed E-state index contributed by atoms with van der Waals surface area (Å²) < 4.78 is 66.0. The van der Waals surface area contributed by atoms with Crippen LogP contribution in [0.1, 0.15) is 15.9 Å². The predicted octanol–water partition coefficient (Wildman–Crippen LogP) is 4.09. The third kappa shape index (κ3) is 4.01. The second-order valence-electron chi connectivity index (χ2n) is 4.06. The summed E-state index contributed by atoms with van der Waals surface area (Å²) in [5.41, 5.74) is -0.488. The molecule has 2 nitrogen and oxygen atoms in total. The number of benzene rings is 2. The Hall–Kier alpha value is -2.44. The Kier molecular flexibility index (Phi) is 3.93. The molecule has 0 saturated carbocycles. The van der Waals surface area contributed by atoms with Gasteiger partial charge in [0.25, 0.3) is 0 Å². The van der Waals surface area contributed by atoms with E-state index in [-0.39, 0.29) is 11.1 Å². The number of alkyl halides is 3. The summed E-state index contributed by atoms with van der Waals surface area (Å²) in [7, 11) is 0. The van der Waals surface area contributed by atoms with Gasteiger partial charge in [-0.1, -0.05) is 12.1 Å². The molecule has 2 aromatic rings. The molecule has 7 heteroatoms. The van der Waals surface area contributed by atoms with E-state index < -0.39 is 29.5 Å². The summed E-state index contributed by atoms with van der Waals surface area (Å²) in [4.78, 5) is 12.0. The smallest absolute Gasteiger partial charge is 0.406 e. The Balaban J connectivity index is 2.33. The molecule has 0 aliphatic heterocycles. The van der Waals surface area contributed by atoms with Gasteiger partial charge in [0.05, 0.1) is 0 Å².